The minimum atomic E-state index is 0.580. The zero-order valence-electron chi connectivity index (χ0n) is 13.7. The van der Waals surface area contributed by atoms with Gasteiger partial charge in [-0.25, -0.2) is 0 Å². The average Bonchev–Trinajstić information content (AvgIpc) is 2.31. The Kier molecular flexibility index (Phi) is 5.34. The minimum absolute atomic E-state index is 0.580. The molecule has 19 heavy (non-hydrogen) atoms. The van der Waals surface area contributed by atoms with Crippen molar-refractivity contribution in [2.24, 2.45) is 23.2 Å². The van der Waals surface area contributed by atoms with E-state index in [0.717, 1.165) is 23.8 Å². The standard InChI is InChI=1S/C18H35N/c1-14-6-5-7-16(12-14)9-11-19-17-8-10-18(3,4)13-15(17)2/h14-17,19H,5-13H2,1-4H3. The molecule has 2 saturated carbocycles. The number of nitrogens with one attached hydrogen (secondary N) is 1. The molecule has 0 aromatic rings. The fraction of sp³-hybridized carbons (Fsp3) is 1.00. The summed E-state index contributed by atoms with van der Waals surface area (Å²) >= 11 is 0. The van der Waals surface area contributed by atoms with Crippen LogP contribution in [0.15, 0.2) is 0 Å². The molecule has 1 heteroatoms. The predicted molar refractivity (Wildman–Crippen MR) is 84.3 cm³/mol. The molecule has 0 aromatic carbocycles. The molecule has 112 valence electrons. The SMILES string of the molecule is CC1CCCC(CCNC2CCC(C)(C)CC2C)C1. The second-order valence-electron chi connectivity index (χ2n) is 8.37. The molecule has 1 nitrogen and oxygen atoms in total. The van der Waals surface area contributed by atoms with Crippen LogP contribution < -0.4 is 5.32 Å². The van der Waals surface area contributed by atoms with Crippen molar-refractivity contribution in [3.8, 4) is 0 Å². The number of hydrogen-bond donors (Lipinski definition) is 1. The molecule has 2 aliphatic carbocycles. The van der Waals surface area contributed by atoms with Gasteiger partial charge in [-0.2, -0.15) is 0 Å². The van der Waals surface area contributed by atoms with E-state index in [9.17, 15) is 0 Å². The first-order valence-electron chi connectivity index (χ1n) is 8.70. The molecule has 0 heterocycles. The van der Waals surface area contributed by atoms with Crippen molar-refractivity contribution in [1.29, 1.82) is 0 Å². The summed E-state index contributed by atoms with van der Waals surface area (Å²) in [5.74, 6) is 2.84. The van der Waals surface area contributed by atoms with Gasteiger partial charge in [-0.15, -0.1) is 0 Å². The summed E-state index contributed by atoms with van der Waals surface area (Å²) in [6, 6.07) is 0.786. The van der Waals surface area contributed by atoms with Crippen LogP contribution in [0.3, 0.4) is 0 Å². The third kappa shape index (κ3) is 4.77. The van der Waals surface area contributed by atoms with Crippen molar-refractivity contribution in [3.05, 3.63) is 0 Å². The van der Waals surface area contributed by atoms with Gasteiger partial charge in [0, 0.05) is 6.04 Å². The highest BCUT2D eigenvalue weighted by Gasteiger charge is 2.32. The summed E-state index contributed by atoms with van der Waals surface area (Å²) < 4.78 is 0. The molecule has 0 bridgehead atoms. The lowest BCUT2D eigenvalue weighted by atomic mass is 9.70. The van der Waals surface area contributed by atoms with E-state index in [-0.39, 0.29) is 0 Å². The van der Waals surface area contributed by atoms with Crippen LogP contribution in [0, 0.1) is 23.2 Å². The average molecular weight is 265 g/mol. The van der Waals surface area contributed by atoms with Crippen molar-refractivity contribution < 1.29 is 0 Å². The number of hydrogen-bond acceptors (Lipinski definition) is 1. The monoisotopic (exact) mass is 265 g/mol. The second kappa shape index (κ2) is 6.61. The second-order valence-corrected chi connectivity index (χ2v) is 8.37. The molecule has 2 rings (SSSR count). The molecule has 2 fully saturated rings. The van der Waals surface area contributed by atoms with Gasteiger partial charge in [0.2, 0.25) is 0 Å². The van der Waals surface area contributed by atoms with Crippen LogP contribution in [0.2, 0.25) is 0 Å². The maximum atomic E-state index is 3.87. The Bertz CT molecular complexity index is 271. The summed E-state index contributed by atoms with van der Waals surface area (Å²) in [7, 11) is 0. The minimum Gasteiger partial charge on any atom is -0.314 e. The molecule has 0 aromatic heterocycles. The van der Waals surface area contributed by atoms with E-state index in [0.29, 0.717) is 5.41 Å². The van der Waals surface area contributed by atoms with Gasteiger partial charge in [0.05, 0.1) is 0 Å². The third-order valence-electron chi connectivity index (χ3n) is 5.70. The first-order valence-corrected chi connectivity index (χ1v) is 8.70. The molecule has 4 unspecified atom stereocenters. The van der Waals surface area contributed by atoms with Gasteiger partial charge >= 0.3 is 0 Å². The fourth-order valence-electron chi connectivity index (χ4n) is 4.54. The first-order chi connectivity index (χ1) is 8.96. The van der Waals surface area contributed by atoms with E-state index in [1.54, 1.807) is 0 Å². The Balaban J connectivity index is 1.65. The maximum absolute atomic E-state index is 3.87. The molecule has 0 aliphatic heterocycles. The van der Waals surface area contributed by atoms with Gasteiger partial charge in [0.15, 0.2) is 0 Å². The normalized spacial score (nSPS) is 39.2. The number of rotatable bonds is 4. The summed E-state index contributed by atoms with van der Waals surface area (Å²) in [5, 5.41) is 3.87. The molecule has 1 N–H and O–H groups in total. The lowest BCUT2D eigenvalue weighted by molar-refractivity contribution is 0.146. The van der Waals surface area contributed by atoms with Crippen LogP contribution in [-0.2, 0) is 0 Å². The quantitative estimate of drug-likeness (QED) is 0.753. The Hall–Kier alpha value is -0.0400. The van der Waals surface area contributed by atoms with Crippen LogP contribution in [0.1, 0.15) is 79.1 Å². The van der Waals surface area contributed by atoms with Crippen molar-refractivity contribution in [1.82, 2.24) is 5.32 Å². The van der Waals surface area contributed by atoms with Gasteiger partial charge in [-0.3, -0.25) is 0 Å². The molecule has 2 aliphatic rings. The van der Waals surface area contributed by atoms with E-state index in [2.05, 4.69) is 33.0 Å². The van der Waals surface area contributed by atoms with Gasteiger partial charge < -0.3 is 5.32 Å². The van der Waals surface area contributed by atoms with Crippen LogP contribution in [-0.4, -0.2) is 12.6 Å². The van der Waals surface area contributed by atoms with Gasteiger partial charge in [-0.05, 0) is 61.8 Å². The lowest BCUT2D eigenvalue weighted by Gasteiger charge is -2.40. The van der Waals surface area contributed by atoms with Crippen LogP contribution in [0.5, 0.6) is 0 Å². The molecule has 0 radical (unpaired) electrons. The van der Waals surface area contributed by atoms with Crippen molar-refractivity contribution in [2.75, 3.05) is 6.54 Å². The highest BCUT2D eigenvalue weighted by atomic mass is 14.9. The fourth-order valence-corrected chi connectivity index (χ4v) is 4.54. The smallest absolute Gasteiger partial charge is 0.00930 e. The Morgan fingerprint density at radius 1 is 1.11 bits per heavy atom. The van der Waals surface area contributed by atoms with E-state index >= 15 is 0 Å². The topological polar surface area (TPSA) is 12.0 Å². The van der Waals surface area contributed by atoms with E-state index in [4.69, 9.17) is 0 Å². The lowest BCUT2D eigenvalue weighted by Crippen LogP contribution is -2.42. The summed E-state index contributed by atoms with van der Waals surface area (Å²) in [6.45, 7) is 11.0. The highest BCUT2D eigenvalue weighted by Crippen LogP contribution is 2.38. The molecular weight excluding hydrogens is 230 g/mol. The maximum Gasteiger partial charge on any atom is 0.00930 e. The van der Waals surface area contributed by atoms with Crippen LogP contribution in [0.25, 0.3) is 0 Å². The summed E-state index contributed by atoms with van der Waals surface area (Å²) in [5.41, 5.74) is 0.580. The van der Waals surface area contributed by atoms with Gasteiger partial charge in [0.25, 0.3) is 0 Å². The molecule has 0 amide bonds. The predicted octanol–water partition coefficient (Wildman–Crippen LogP) is 5.01. The van der Waals surface area contributed by atoms with Crippen LogP contribution in [0.4, 0.5) is 0 Å². The zero-order valence-corrected chi connectivity index (χ0v) is 13.7. The summed E-state index contributed by atoms with van der Waals surface area (Å²) in [4.78, 5) is 0. The Morgan fingerprint density at radius 2 is 1.89 bits per heavy atom. The molecule has 0 spiro atoms. The Labute approximate surface area is 120 Å². The highest BCUT2D eigenvalue weighted by molar-refractivity contribution is 4.87. The van der Waals surface area contributed by atoms with Crippen molar-refractivity contribution in [3.63, 3.8) is 0 Å². The zero-order chi connectivity index (χ0) is 13.9. The molecular formula is C18H35N. The third-order valence-corrected chi connectivity index (χ3v) is 5.70. The van der Waals surface area contributed by atoms with E-state index < -0.39 is 0 Å². The van der Waals surface area contributed by atoms with E-state index in [1.165, 1.54) is 57.9 Å². The van der Waals surface area contributed by atoms with Crippen molar-refractivity contribution >= 4 is 0 Å². The van der Waals surface area contributed by atoms with Crippen LogP contribution >= 0.6 is 0 Å². The van der Waals surface area contributed by atoms with Crippen molar-refractivity contribution in [2.45, 2.75) is 85.1 Å². The van der Waals surface area contributed by atoms with Gasteiger partial charge in [0.1, 0.15) is 0 Å². The Morgan fingerprint density at radius 3 is 2.58 bits per heavy atom. The summed E-state index contributed by atoms with van der Waals surface area (Å²) in [6.07, 6.45) is 11.5. The molecule has 4 atom stereocenters. The largest absolute Gasteiger partial charge is 0.314 e. The van der Waals surface area contributed by atoms with Gasteiger partial charge in [-0.1, -0.05) is 47.0 Å². The molecule has 0 saturated heterocycles. The van der Waals surface area contributed by atoms with E-state index in [1.807, 2.05) is 0 Å². The first kappa shape index (κ1) is 15.4.